The van der Waals surface area contributed by atoms with Crippen molar-refractivity contribution in [3.63, 3.8) is 0 Å². The van der Waals surface area contributed by atoms with Crippen molar-refractivity contribution in [3.8, 4) is 6.07 Å². The standard InChI is InChI=1S/C13H12F3N3O3S/c14-13(15,16)12(20)18-10-5-6-19(8-10)23(21,22)11-4-2-1-3-9(11)7-17/h1-4,10H,5-6,8H2,(H,18,20). The predicted molar refractivity (Wildman–Crippen MR) is 72.5 cm³/mol. The molecule has 6 nitrogen and oxygen atoms in total. The molecule has 0 radical (unpaired) electrons. The molecule has 124 valence electrons. The van der Waals surface area contributed by atoms with Crippen molar-refractivity contribution >= 4 is 15.9 Å². The van der Waals surface area contributed by atoms with E-state index in [1.807, 2.05) is 0 Å². The van der Waals surface area contributed by atoms with Crippen LogP contribution in [0.1, 0.15) is 12.0 Å². The summed E-state index contributed by atoms with van der Waals surface area (Å²) in [4.78, 5) is 10.7. The molecular formula is C13H12F3N3O3S. The summed E-state index contributed by atoms with van der Waals surface area (Å²) in [6.45, 7) is -0.311. The molecule has 0 aliphatic carbocycles. The Morgan fingerprint density at radius 2 is 2.00 bits per heavy atom. The normalized spacial score (nSPS) is 19.3. The van der Waals surface area contributed by atoms with Crippen molar-refractivity contribution in [3.05, 3.63) is 29.8 Å². The van der Waals surface area contributed by atoms with Gasteiger partial charge in [-0.15, -0.1) is 0 Å². The third-order valence-corrected chi connectivity index (χ3v) is 5.29. The molecule has 2 rings (SSSR count). The molecule has 1 fully saturated rings. The Kier molecular flexibility index (Phi) is 4.63. The van der Waals surface area contributed by atoms with Crippen LogP contribution in [0.25, 0.3) is 0 Å². The molecule has 1 saturated heterocycles. The summed E-state index contributed by atoms with van der Waals surface area (Å²) in [5.41, 5.74) is -0.0460. The highest BCUT2D eigenvalue weighted by atomic mass is 32.2. The largest absolute Gasteiger partial charge is 0.471 e. The van der Waals surface area contributed by atoms with Crippen molar-refractivity contribution in [2.75, 3.05) is 13.1 Å². The van der Waals surface area contributed by atoms with E-state index in [1.165, 1.54) is 24.3 Å². The van der Waals surface area contributed by atoms with Crippen molar-refractivity contribution < 1.29 is 26.4 Å². The number of rotatable bonds is 3. The Morgan fingerprint density at radius 3 is 2.61 bits per heavy atom. The second-order valence-corrected chi connectivity index (χ2v) is 6.83. The lowest BCUT2D eigenvalue weighted by molar-refractivity contribution is -0.174. The Bertz CT molecular complexity index is 756. The first-order chi connectivity index (χ1) is 10.7. The zero-order valence-electron chi connectivity index (χ0n) is 11.7. The van der Waals surface area contributed by atoms with Crippen molar-refractivity contribution in [2.24, 2.45) is 0 Å². The van der Waals surface area contributed by atoms with E-state index in [0.717, 1.165) is 4.31 Å². The summed E-state index contributed by atoms with van der Waals surface area (Å²) < 4.78 is 62.6. The molecule has 1 aliphatic heterocycles. The van der Waals surface area contributed by atoms with Gasteiger partial charge in [-0.2, -0.15) is 22.7 Å². The van der Waals surface area contributed by atoms with Gasteiger partial charge >= 0.3 is 12.1 Å². The molecule has 23 heavy (non-hydrogen) atoms. The minimum atomic E-state index is -5.01. The number of hydrogen-bond acceptors (Lipinski definition) is 4. The van der Waals surface area contributed by atoms with E-state index in [9.17, 15) is 26.4 Å². The Hall–Kier alpha value is -2.12. The van der Waals surface area contributed by atoms with Crippen molar-refractivity contribution in [2.45, 2.75) is 23.5 Å². The molecule has 1 amide bonds. The molecule has 1 aromatic rings. The highest BCUT2D eigenvalue weighted by Crippen LogP contribution is 2.24. The van der Waals surface area contributed by atoms with Crippen LogP contribution in [0.3, 0.4) is 0 Å². The summed E-state index contributed by atoms with van der Waals surface area (Å²) in [5.74, 6) is -2.10. The highest BCUT2D eigenvalue weighted by Gasteiger charge is 2.42. The van der Waals surface area contributed by atoms with Crippen LogP contribution in [0.2, 0.25) is 0 Å². The van der Waals surface area contributed by atoms with E-state index in [-0.39, 0.29) is 30.0 Å². The number of amides is 1. The smallest absolute Gasteiger partial charge is 0.344 e. The maximum absolute atomic E-state index is 12.5. The highest BCUT2D eigenvalue weighted by molar-refractivity contribution is 7.89. The minimum Gasteiger partial charge on any atom is -0.344 e. The predicted octanol–water partition coefficient (Wildman–Crippen LogP) is 1.000. The van der Waals surface area contributed by atoms with Crippen molar-refractivity contribution in [1.29, 1.82) is 5.26 Å². The molecule has 10 heteroatoms. The van der Waals surface area contributed by atoms with Gasteiger partial charge in [0.25, 0.3) is 0 Å². The van der Waals surface area contributed by atoms with Crippen LogP contribution in [0.4, 0.5) is 13.2 Å². The first kappa shape index (κ1) is 17.2. The van der Waals surface area contributed by atoms with Gasteiger partial charge in [0.05, 0.1) is 10.5 Å². The maximum atomic E-state index is 12.5. The van der Waals surface area contributed by atoms with Crippen LogP contribution in [0.5, 0.6) is 0 Å². The summed E-state index contributed by atoms with van der Waals surface area (Å²) in [7, 11) is -4.01. The summed E-state index contributed by atoms with van der Waals surface area (Å²) in [5, 5.41) is 10.7. The summed E-state index contributed by atoms with van der Waals surface area (Å²) in [6, 6.07) is 6.40. The molecule has 1 N–H and O–H groups in total. The number of carbonyl (C=O) groups is 1. The number of halogens is 3. The van der Waals surface area contributed by atoms with Crippen LogP contribution in [0.15, 0.2) is 29.2 Å². The van der Waals surface area contributed by atoms with E-state index in [0.29, 0.717) is 0 Å². The maximum Gasteiger partial charge on any atom is 0.471 e. The molecule has 0 bridgehead atoms. The van der Waals surface area contributed by atoms with Crippen molar-refractivity contribution in [1.82, 2.24) is 9.62 Å². The fourth-order valence-electron chi connectivity index (χ4n) is 2.25. The lowest BCUT2D eigenvalue weighted by atomic mass is 10.2. The fourth-order valence-corrected chi connectivity index (χ4v) is 3.90. The van der Waals surface area contributed by atoms with Crippen LogP contribution in [-0.2, 0) is 14.8 Å². The van der Waals surface area contributed by atoms with E-state index in [4.69, 9.17) is 5.26 Å². The van der Waals surface area contributed by atoms with E-state index in [2.05, 4.69) is 0 Å². The monoisotopic (exact) mass is 347 g/mol. The SMILES string of the molecule is N#Cc1ccccc1S(=O)(=O)N1CCC(NC(=O)C(F)(F)F)C1. The van der Waals surface area contributed by atoms with Crippen LogP contribution < -0.4 is 5.32 Å². The van der Waals surface area contributed by atoms with Gasteiger partial charge < -0.3 is 5.32 Å². The third kappa shape index (κ3) is 3.62. The van der Waals surface area contributed by atoms with Crippen LogP contribution in [-0.4, -0.2) is 43.9 Å². The average Bonchev–Trinajstić information content (AvgIpc) is 2.95. The molecule has 1 atom stereocenters. The lowest BCUT2D eigenvalue weighted by Crippen LogP contribution is -2.44. The molecule has 1 heterocycles. The number of nitriles is 1. The number of sulfonamides is 1. The van der Waals surface area contributed by atoms with Gasteiger partial charge in [0.1, 0.15) is 6.07 Å². The summed E-state index contributed by atoms with van der Waals surface area (Å²) in [6.07, 6.45) is -4.95. The van der Waals surface area contributed by atoms with E-state index >= 15 is 0 Å². The first-order valence-electron chi connectivity index (χ1n) is 6.53. The zero-order chi connectivity index (χ0) is 17.3. The van der Waals surface area contributed by atoms with E-state index < -0.39 is 28.1 Å². The third-order valence-electron chi connectivity index (χ3n) is 3.37. The Morgan fingerprint density at radius 1 is 1.35 bits per heavy atom. The second kappa shape index (κ2) is 6.17. The van der Waals surface area contributed by atoms with Gasteiger partial charge in [0.2, 0.25) is 10.0 Å². The van der Waals surface area contributed by atoms with Gasteiger partial charge in [-0.1, -0.05) is 12.1 Å². The number of carbonyl (C=O) groups excluding carboxylic acids is 1. The molecule has 0 spiro atoms. The number of alkyl halides is 3. The van der Waals surface area contributed by atoms with Crippen LogP contribution >= 0.6 is 0 Å². The van der Waals surface area contributed by atoms with Crippen LogP contribution in [0, 0.1) is 11.3 Å². The van der Waals surface area contributed by atoms with Gasteiger partial charge in [-0.05, 0) is 18.6 Å². The number of benzene rings is 1. The minimum absolute atomic E-state index is 0.0368. The van der Waals surface area contributed by atoms with Gasteiger partial charge in [0, 0.05) is 19.1 Å². The molecular weight excluding hydrogens is 335 g/mol. The van der Waals surface area contributed by atoms with Gasteiger partial charge in [0.15, 0.2) is 0 Å². The van der Waals surface area contributed by atoms with Gasteiger partial charge in [-0.25, -0.2) is 8.42 Å². The average molecular weight is 347 g/mol. The molecule has 0 saturated carbocycles. The molecule has 0 aromatic heterocycles. The number of nitrogens with zero attached hydrogens (tertiary/aromatic N) is 2. The number of nitrogens with one attached hydrogen (secondary N) is 1. The Balaban J connectivity index is 2.15. The lowest BCUT2D eigenvalue weighted by Gasteiger charge is -2.18. The topological polar surface area (TPSA) is 90.3 Å². The van der Waals surface area contributed by atoms with Gasteiger partial charge in [-0.3, -0.25) is 4.79 Å². The first-order valence-corrected chi connectivity index (χ1v) is 7.97. The Labute approximate surface area is 130 Å². The van der Waals surface area contributed by atoms with E-state index in [1.54, 1.807) is 11.4 Å². The molecule has 1 aromatic carbocycles. The second-order valence-electron chi connectivity index (χ2n) is 4.93. The molecule has 1 unspecified atom stereocenters. The quantitative estimate of drug-likeness (QED) is 0.883. The molecule has 1 aliphatic rings. The zero-order valence-corrected chi connectivity index (χ0v) is 12.5. The number of hydrogen-bond donors (Lipinski definition) is 1. The fraction of sp³-hybridized carbons (Fsp3) is 0.385. The summed E-state index contributed by atoms with van der Waals surface area (Å²) >= 11 is 0.